The summed E-state index contributed by atoms with van der Waals surface area (Å²) in [5.41, 5.74) is 2.29. The molecular weight excluding hydrogens is 291 g/mol. The van der Waals surface area contributed by atoms with E-state index < -0.39 is 0 Å². The topological polar surface area (TPSA) is 25.4 Å². The van der Waals surface area contributed by atoms with Crippen LogP contribution in [0.1, 0.15) is 17.5 Å². The second-order valence-corrected chi connectivity index (χ2v) is 6.94. The number of aromatic nitrogens is 1. The molecule has 0 amide bonds. The lowest BCUT2D eigenvalue weighted by molar-refractivity contribution is -0.0146. The van der Waals surface area contributed by atoms with E-state index in [0.29, 0.717) is 6.54 Å². The minimum atomic E-state index is -0.106. The third-order valence-corrected chi connectivity index (χ3v) is 4.94. The standard InChI is InChI=1S/C19H21FN2O/c20-18-6-2-1-5-16(18)11-22-12-19(13-22)9-17(23-14-19)8-15-4-3-7-21-10-15/h1-7,10,17H,8-9,11-14H2/t17-/m1/s1. The van der Waals surface area contributed by atoms with Crippen LogP contribution in [0.4, 0.5) is 4.39 Å². The number of halogens is 1. The van der Waals surface area contributed by atoms with Crippen LogP contribution < -0.4 is 0 Å². The van der Waals surface area contributed by atoms with Gasteiger partial charge in [0.25, 0.3) is 0 Å². The highest BCUT2D eigenvalue weighted by Gasteiger charge is 2.48. The van der Waals surface area contributed by atoms with Crippen LogP contribution in [-0.2, 0) is 17.7 Å². The van der Waals surface area contributed by atoms with Crippen molar-refractivity contribution in [2.75, 3.05) is 19.7 Å². The van der Waals surface area contributed by atoms with Crippen LogP contribution in [0.15, 0.2) is 48.8 Å². The van der Waals surface area contributed by atoms with E-state index >= 15 is 0 Å². The summed E-state index contributed by atoms with van der Waals surface area (Å²) in [5.74, 6) is -0.106. The van der Waals surface area contributed by atoms with Gasteiger partial charge in [-0.3, -0.25) is 9.88 Å². The zero-order valence-corrected chi connectivity index (χ0v) is 13.1. The molecule has 0 bridgehead atoms. The number of nitrogens with zero attached hydrogens (tertiary/aromatic N) is 2. The predicted molar refractivity (Wildman–Crippen MR) is 86.4 cm³/mol. The fourth-order valence-electron chi connectivity index (χ4n) is 3.91. The third-order valence-electron chi connectivity index (χ3n) is 4.94. The van der Waals surface area contributed by atoms with Crippen LogP contribution in [0.3, 0.4) is 0 Å². The number of hydrogen-bond acceptors (Lipinski definition) is 3. The molecule has 2 fully saturated rings. The molecule has 1 atom stereocenters. The monoisotopic (exact) mass is 312 g/mol. The van der Waals surface area contributed by atoms with Crippen molar-refractivity contribution >= 4 is 0 Å². The van der Waals surface area contributed by atoms with E-state index in [2.05, 4.69) is 16.0 Å². The molecule has 4 heteroatoms. The van der Waals surface area contributed by atoms with E-state index in [1.54, 1.807) is 12.3 Å². The summed E-state index contributed by atoms with van der Waals surface area (Å²) in [6.45, 7) is 3.53. The first-order valence-electron chi connectivity index (χ1n) is 8.19. The fraction of sp³-hybridized carbons (Fsp3) is 0.421. The van der Waals surface area contributed by atoms with Gasteiger partial charge in [0.05, 0.1) is 12.7 Å². The van der Waals surface area contributed by atoms with E-state index in [9.17, 15) is 4.39 Å². The second kappa shape index (κ2) is 6.02. The van der Waals surface area contributed by atoms with Crippen LogP contribution in [0.25, 0.3) is 0 Å². The van der Waals surface area contributed by atoms with Gasteiger partial charge in [0.2, 0.25) is 0 Å². The molecule has 23 heavy (non-hydrogen) atoms. The van der Waals surface area contributed by atoms with Crippen molar-refractivity contribution in [2.45, 2.75) is 25.5 Å². The summed E-state index contributed by atoms with van der Waals surface area (Å²) < 4.78 is 19.7. The molecule has 0 N–H and O–H groups in total. The molecule has 1 aromatic heterocycles. The van der Waals surface area contributed by atoms with Crippen molar-refractivity contribution < 1.29 is 9.13 Å². The highest BCUT2D eigenvalue weighted by molar-refractivity contribution is 5.18. The first-order valence-corrected chi connectivity index (χ1v) is 8.19. The molecule has 0 saturated carbocycles. The molecule has 3 nitrogen and oxygen atoms in total. The molecule has 0 aliphatic carbocycles. The molecule has 2 aliphatic heterocycles. The van der Waals surface area contributed by atoms with Gasteiger partial charge in [-0.1, -0.05) is 24.3 Å². The van der Waals surface area contributed by atoms with Crippen molar-refractivity contribution in [3.63, 3.8) is 0 Å². The van der Waals surface area contributed by atoms with Crippen LogP contribution in [0.5, 0.6) is 0 Å². The SMILES string of the molecule is Fc1ccccc1CN1CC2(CO[C@H](Cc3cccnc3)C2)C1. The normalized spacial score (nSPS) is 23.1. The number of likely N-dealkylation sites (tertiary alicyclic amines) is 1. The Bertz CT molecular complexity index is 670. The maximum absolute atomic E-state index is 13.7. The molecule has 2 aliphatic rings. The van der Waals surface area contributed by atoms with Gasteiger partial charge in [0.1, 0.15) is 5.82 Å². The molecule has 0 unspecified atom stereocenters. The molecule has 120 valence electrons. The van der Waals surface area contributed by atoms with Gasteiger partial charge in [-0.2, -0.15) is 0 Å². The Kier molecular flexibility index (Phi) is 3.87. The molecule has 3 heterocycles. The molecule has 0 radical (unpaired) electrons. The van der Waals surface area contributed by atoms with E-state index in [0.717, 1.165) is 38.1 Å². The average Bonchev–Trinajstić information content (AvgIpc) is 2.94. The number of hydrogen-bond donors (Lipinski definition) is 0. The highest BCUT2D eigenvalue weighted by Crippen LogP contribution is 2.42. The summed E-state index contributed by atoms with van der Waals surface area (Å²) in [6.07, 6.45) is 6.03. The molecule has 4 rings (SSSR count). The molecule has 1 spiro atoms. The number of benzene rings is 1. The van der Waals surface area contributed by atoms with Crippen molar-refractivity contribution in [1.29, 1.82) is 0 Å². The zero-order valence-electron chi connectivity index (χ0n) is 13.1. The summed E-state index contributed by atoms with van der Waals surface area (Å²) in [6, 6.07) is 11.1. The maximum atomic E-state index is 13.7. The minimum absolute atomic E-state index is 0.106. The summed E-state index contributed by atoms with van der Waals surface area (Å²) >= 11 is 0. The highest BCUT2D eigenvalue weighted by atomic mass is 19.1. The average molecular weight is 312 g/mol. The molecule has 2 saturated heterocycles. The second-order valence-electron chi connectivity index (χ2n) is 6.94. The molecule has 2 aromatic rings. The van der Waals surface area contributed by atoms with Gasteiger partial charge in [-0.15, -0.1) is 0 Å². The van der Waals surface area contributed by atoms with Crippen molar-refractivity contribution in [1.82, 2.24) is 9.88 Å². The summed E-state index contributed by atoms with van der Waals surface area (Å²) in [4.78, 5) is 6.48. The largest absolute Gasteiger partial charge is 0.377 e. The summed E-state index contributed by atoms with van der Waals surface area (Å²) in [5, 5.41) is 0. The Morgan fingerprint density at radius 1 is 1.22 bits per heavy atom. The van der Waals surface area contributed by atoms with E-state index in [1.807, 2.05) is 24.4 Å². The Morgan fingerprint density at radius 3 is 2.87 bits per heavy atom. The van der Waals surface area contributed by atoms with Crippen LogP contribution >= 0.6 is 0 Å². The maximum Gasteiger partial charge on any atom is 0.127 e. The Morgan fingerprint density at radius 2 is 2.09 bits per heavy atom. The van der Waals surface area contributed by atoms with Crippen molar-refractivity contribution in [3.05, 3.63) is 65.7 Å². The Labute approximate surface area is 136 Å². The fourth-order valence-corrected chi connectivity index (χ4v) is 3.91. The molecule has 1 aromatic carbocycles. The number of rotatable bonds is 4. The zero-order chi connectivity index (χ0) is 15.7. The van der Waals surface area contributed by atoms with E-state index in [1.165, 1.54) is 11.6 Å². The van der Waals surface area contributed by atoms with Crippen LogP contribution in [-0.4, -0.2) is 35.7 Å². The van der Waals surface area contributed by atoms with Crippen LogP contribution in [0.2, 0.25) is 0 Å². The van der Waals surface area contributed by atoms with Gasteiger partial charge in [-0.05, 0) is 24.1 Å². The Balaban J connectivity index is 1.30. The number of ether oxygens (including phenoxy) is 1. The lowest BCUT2D eigenvalue weighted by Crippen LogP contribution is -2.56. The van der Waals surface area contributed by atoms with Gasteiger partial charge in [0, 0.05) is 49.4 Å². The lowest BCUT2D eigenvalue weighted by Gasteiger charge is -2.47. The smallest absolute Gasteiger partial charge is 0.127 e. The van der Waals surface area contributed by atoms with Gasteiger partial charge >= 0.3 is 0 Å². The first kappa shape index (κ1) is 14.8. The molecular formula is C19H21FN2O. The van der Waals surface area contributed by atoms with Crippen molar-refractivity contribution in [3.8, 4) is 0 Å². The predicted octanol–water partition coefficient (Wildman–Crippen LogP) is 3.05. The number of pyridine rings is 1. The quantitative estimate of drug-likeness (QED) is 0.867. The van der Waals surface area contributed by atoms with Crippen molar-refractivity contribution in [2.24, 2.45) is 5.41 Å². The minimum Gasteiger partial charge on any atom is -0.377 e. The summed E-state index contributed by atoms with van der Waals surface area (Å²) in [7, 11) is 0. The lowest BCUT2D eigenvalue weighted by atomic mass is 9.77. The van der Waals surface area contributed by atoms with E-state index in [-0.39, 0.29) is 17.3 Å². The van der Waals surface area contributed by atoms with Gasteiger partial charge in [0.15, 0.2) is 0 Å². The van der Waals surface area contributed by atoms with Gasteiger partial charge in [-0.25, -0.2) is 4.39 Å². The van der Waals surface area contributed by atoms with E-state index in [4.69, 9.17) is 4.74 Å². The van der Waals surface area contributed by atoms with Gasteiger partial charge < -0.3 is 4.74 Å². The Hall–Kier alpha value is -1.78. The van der Waals surface area contributed by atoms with Crippen LogP contribution in [0, 0.1) is 11.2 Å². The first-order chi connectivity index (χ1) is 11.2. The third kappa shape index (κ3) is 3.14.